The summed E-state index contributed by atoms with van der Waals surface area (Å²) in [6.45, 7) is 10.4. The molecule has 1 aliphatic heterocycles. The number of amides is 7. The normalized spacial score (nSPS) is 18.7. The molecule has 7 amide bonds. The molecule has 1 aliphatic carbocycles. The van der Waals surface area contributed by atoms with Crippen molar-refractivity contribution in [3.05, 3.63) is 35.9 Å². The Morgan fingerprint density at radius 2 is 1.44 bits per heavy atom. The van der Waals surface area contributed by atoms with Gasteiger partial charge in [-0.1, -0.05) is 97.1 Å². The average molecular weight is 816 g/mol. The van der Waals surface area contributed by atoms with Crippen LogP contribution in [0.15, 0.2) is 30.3 Å². The predicted octanol–water partition coefficient (Wildman–Crippen LogP) is 4.20. The molecule has 1 heterocycles. The lowest BCUT2D eigenvalue weighted by atomic mass is 9.83. The Morgan fingerprint density at radius 1 is 0.789 bits per heavy atom. The lowest BCUT2D eigenvalue weighted by Gasteiger charge is -2.36. The van der Waals surface area contributed by atoms with Gasteiger partial charge in [0.15, 0.2) is 0 Å². The van der Waals surface area contributed by atoms with Crippen LogP contribution in [0.1, 0.15) is 123 Å². The van der Waals surface area contributed by atoms with Crippen LogP contribution in [0.25, 0.3) is 0 Å². The van der Waals surface area contributed by atoms with E-state index < -0.39 is 66.2 Å². The quantitative estimate of drug-likeness (QED) is 0.0714. The number of carbonyl (C=O) groups excluding carboxylic acids is 7. The van der Waals surface area contributed by atoms with Crippen LogP contribution in [0.5, 0.6) is 0 Å². The minimum atomic E-state index is -1.20. The average Bonchev–Trinajstić information content (AvgIpc) is 3.66. The third-order valence-corrected chi connectivity index (χ3v) is 10.8. The van der Waals surface area contributed by atoms with E-state index >= 15 is 0 Å². The molecule has 0 aromatic heterocycles. The largest absolute Gasteiger partial charge is 0.354 e. The first-order valence-electron chi connectivity index (χ1n) is 21.0. The Kier molecular flexibility index (Phi) is 23.0. The van der Waals surface area contributed by atoms with Crippen molar-refractivity contribution in [2.45, 2.75) is 136 Å². The molecule has 57 heavy (non-hydrogen) atoms. The van der Waals surface area contributed by atoms with Gasteiger partial charge in [-0.05, 0) is 74.5 Å². The molecule has 6 N–H and O–H groups in total. The van der Waals surface area contributed by atoms with Crippen molar-refractivity contribution in [1.82, 2.24) is 36.8 Å². The Morgan fingerprint density at radius 3 is 2.05 bits per heavy atom. The van der Waals surface area contributed by atoms with Gasteiger partial charge in [-0.2, -0.15) is 12.6 Å². The van der Waals surface area contributed by atoms with E-state index in [2.05, 4.69) is 44.5 Å². The summed E-state index contributed by atoms with van der Waals surface area (Å²) in [7, 11) is 0. The van der Waals surface area contributed by atoms with E-state index in [1.807, 2.05) is 34.6 Å². The second kappa shape index (κ2) is 26.7. The van der Waals surface area contributed by atoms with Crippen LogP contribution in [0.4, 0.5) is 4.79 Å². The summed E-state index contributed by atoms with van der Waals surface area (Å²) in [6.07, 6.45) is 10.7. The lowest BCUT2D eigenvalue weighted by molar-refractivity contribution is -0.144. The van der Waals surface area contributed by atoms with Crippen LogP contribution in [0.3, 0.4) is 0 Å². The van der Waals surface area contributed by atoms with Crippen LogP contribution >= 0.6 is 12.6 Å². The molecule has 1 saturated carbocycles. The molecular formula is C42H69N7O7S. The number of Topliss-reactive ketones (excluding diaryl/α,β-unsaturated/α-hetero) is 1. The van der Waals surface area contributed by atoms with Crippen LogP contribution in [0, 0.1) is 17.8 Å². The highest BCUT2D eigenvalue weighted by atomic mass is 32.1. The SMILES string of the molecule is CCCNC(=O)NC(C(=O)N1CC[C@H](CCC)C1C(=O)NC(CC(C)CC)C(=O)C(=O)NCC(=O)NC(C(=O)NCCC)c1ccccc1)C1CCCCC1.CS. The number of ketones is 1. The zero-order valence-electron chi connectivity index (χ0n) is 35.0. The molecule has 6 atom stereocenters. The first-order chi connectivity index (χ1) is 27.4. The Balaban J connectivity index is 0.00000551. The van der Waals surface area contributed by atoms with Gasteiger partial charge in [0.1, 0.15) is 18.1 Å². The zero-order chi connectivity index (χ0) is 42.3. The highest BCUT2D eigenvalue weighted by Crippen LogP contribution is 2.33. The van der Waals surface area contributed by atoms with Crippen LogP contribution in [-0.4, -0.2) is 96.8 Å². The fourth-order valence-corrected chi connectivity index (χ4v) is 7.56. The van der Waals surface area contributed by atoms with Gasteiger partial charge in [-0.3, -0.25) is 28.8 Å². The summed E-state index contributed by atoms with van der Waals surface area (Å²) >= 11 is 3.53. The van der Waals surface area contributed by atoms with Gasteiger partial charge >= 0.3 is 6.03 Å². The van der Waals surface area contributed by atoms with Crippen LogP contribution in [-0.2, 0) is 28.8 Å². The summed E-state index contributed by atoms with van der Waals surface area (Å²) in [5.41, 5.74) is 0.560. The molecule has 5 unspecified atom stereocenters. The Hall–Kier alpha value is -4.14. The molecule has 0 bridgehead atoms. The van der Waals surface area contributed by atoms with E-state index in [4.69, 9.17) is 0 Å². The van der Waals surface area contributed by atoms with Crippen molar-refractivity contribution in [2.24, 2.45) is 17.8 Å². The number of benzene rings is 1. The molecular weight excluding hydrogens is 747 g/mol. The number of urea groups is 1. The maximum absolute atomic E-state index is 14.4. The zero-order valence-corrected chi connectivity index (χ0v) is 35.9. The first kappa shape index (κ1) is 49.0. The molecule has 1 aromatic carbocycles. The fourth-order valence-electron chi connectivity index (χ4n) is 7.56. The topological polar surface area (TPSA) is 195 Å². The summed E-state index contributed by atoms with van der Waals surface area (Å²) in [4.78, 5) is 96.0. The van der Waals surface area contributed by atoms with Crippen molar-refractivity contribution < 1.29 is 33.6 Å². The third kappa shape index (κ3) is 15.6. The molecule has 0 spiro atoms. The van der Waals surface area contributed by atoms with E-state index in [0.29, 0.717) is 50.9 Å². The molecule has 1 aromatic rings. The molecule has 2 aliphatic rings. The van der Waals surface area contributed by atoms with E-state index in [1.165, 1.54) is 0 Å². The van der Waals surface area contributed by atoms with Gasteiger partial charge in [0, 0.05) is 19.6 Å². The minimum absolute atomic E-state index is 0.0344. The van der Waals surface area contributed by atoms with Crippen LogP contribution < -0.4 is 31.9 Å². The molecule has 15 heteroatoms. The summed E-state index contributed by atoms with van der Waals surface area (Å²) < 4.78 is 0. The smallest absolute Gasteiger partial charge is 0.315 e. The highest BCUT2D eigenvalue weighted by Gasteiger charge is 2.46. The highest BCUT2D eigenvalue weighted by molar-refractivity contribution is 7.79. The van der Waals surface area contributed by atoms with Crippen molar-refractivity contribution in [1.29, 1.82) is 0 Å². The Labute approximate surface area is 345 Å². The number of thiol groups is 1. The van der Waals surface area contributed by atoms with Gasteiger partial charge in [0.25, 0.3) is 5.91 Å². The van der Waals surface area contributed by atoms with Crippen molar-refractivity contribution in [3.63, 3.8) is 0 Å². The molecule has 0 radical (unpaired) electrons. The molecule has 320 valence electrons. The summed E-state index contributed by atoms with van der Waals surface area (Å²) in [6, 6.07) is 4.42. The molecule has 14 nitrogen and oxygen atoms in total. The van der Waals surface area contributed by atoms with Gasteiger partial charge in [-0.15, -0.1) is 0 Å². The van der Waals surface area contributed by atoms with Gasteiger partial charge in [0.05, 0.1) is 12.6 Å². The second-order valence-corrected chi connectivity index (χ2v) is 15.1. The number of hydrogen-bond acceptors (Lipinski definition) is 8. The van der Waals surface area contributed by atoms with Gasteiger partial charge in [0.2, 0.25) is 29.4 Å². The number of nitrogens with one attached hydrogen (secondary N) is 6. The van der Waals surface area contributed by atoms with Crippen molar-refractivity contribution in [2.75, 3.05) is 32.4 Å². The third-order valence-electron chi connectivity index (χ3n) is 10.8. The number of nitrogens with zero attached hydrogens (tertiary/aromatic N) is 1. The number of carbonyl (C=O) groups is 7. The number of likely N-dealkylation sites (tertiary alicyclic amines) is 1. The van der Waals surface area contributed by atoms with Crippen molar-refractivity contribution >= 4 is 54.0 Å². The monoisotopic (exact) mass is 815 g/mol. The van der Waals surface area contributed by atoms with Gasteiger partial charge < -0.3 is 36.8 Å². The van der Waals surface area contributed by atoms with E-state index in [9.17, 15) is 33.6 Å². The maximum atomic E-state index is 14.4. The predicted molar refractivity (Wildman–Crippen MR) is 225 cm³/mol. The van der Waals surface area contributed by atoms with E-state index in [0.717, 1.165) is 44.9 Å². The molecule has 3 rings (SSSR count). The van der Waals surface area contributed by atoms with Gasteiger partial charge in [-0.25, -0.2) is 4.79 Å². The minimum Gasteiger partial charge on any atom is -0.354 e. The number of rotatable bonds is 21. The molecule has 1 saturated heterocycles. The summed E-state index contributed by atoms with van der Waals surface area (Å²) in [5, 5.41) is 16.4. The Bertz CT molecular complexity index is 1440. The van der Waals surface area contributed by atoms with Crippen molar-refractivity contribution in [3.8, 4) is 0 Å². The maximum Gasteiger partial charge on any atom is 0.315 e. The molecule has 2 fully saturated rings. The fraction of sp³-hybridized carbons (Fsp3) is 0.690. The standard InChI is InChI=1S/C41H65N7O7.CH4S/c1-6-16-30-21-24-48(40(54)34(29-19-14-11-15-20-29)47-41(55)43-23-8-3)35(30)38(52)45-31(25-27(5)9-4)36(50)39(53)44-26-32(49)46-33(37(51)42-22-7-2)28-17-12-10-13-18-28;1-2/h10,12-13,17-18,27,29-31,33-35H,6-9,11,14-16,19-26H2,1-5H3,(H,42,51)(H,44,53)(H,45,52)(H,46,49)(H2,43,47,55);2H,1H3/t27?,30-,31?,33?,34?,35?;/m0./s1. The van der Waals surface area contributed by atoms with E-state index in [1.54, 1.807) is 41.5 Å². The lowest BCUT2D eigenvalue weighted by Crippen LogP contribution is -2.60. The number of hydrogen-bond donors (Lipinski definition) is 7. The second-order valence-electron chi connectivity index (χ2n) is 15.1. The van der Waals surface area contributed by atoms with Crippen LogP contribution in [0.2, 0.25) is 0 Å². The first-order valence-corrected chi connectivity index (χ1v) is 21.9. The van der Waals surface area contributed by atoms with E-state index in [-0.39, 0.29) is 30.1 Å². The summed E-state index contributed by atoms with van der Waals surface area (Å²) in [5.74, 6) is -4.10.